The Hall–Kier alpha value is -2.76. The van der Waals surface area contributed by atoms with Crippen LogP contribution < -0.4 is 0 Å². The highest BCUT2D eigenvalue weighted by molar-refractivity contribution is 9.10. The van der Waals surface area contributed by atoms with Crippen molar-refractivity contribution < 1.29 is 0 Å². The van der Waals surface area contributed by atoms with Crippen LogP contribution in [0.1, 0.15) is 5.56 Å². The van der Waals surface area contributed by atoms with E-state index >= 15 is 0 Å². The molecular weight excluding hydrogens is 436 g/mol. The third kappa shape index (κ3) is 2.87. The summed E-state index contributed by atoms with van der Waals surface area (Å²) in [6, 6.07) is 21.7. The number of aromatic nitrogens is 4. The molecule has 0 aliphatic heterocycles. The highest BCUT2D eigenvalue weighted by Crippen LogP contribution is 2.31. The van der Waals surface area contributed by atoms with Crippen molar-refractivity contribution in [3.63, 3.8) is 0 Å². The maximum Gasteiger partial charge on any atom is 0.199 e. The molecule has 0 bridgehead atoms. The van der Waals surface area contributed by atoms with Crippen LogP contribution in [-0.2, 0) is 0 Å². The van der Waals surface area contributed by atoms with Crippen molar-refractivity contribution in [2.75, 3.05) is 0 Å². The minimum absolute atomic E-state index is 0.605. The molecule has 28 heavy (non-hydrogen) atoms. The third-order valence-corrected chi connectivity index (χ3v) is 5.39. The topological polar surface area (TPSA) is 43.6 Å². The van der Waals surface area contributed by atoms with Crippen LogP contribution in [0.15, 0.2) is 71.2 Å². The molecule has 5 rings (SSSR count). The van der Waals surface area contributed by atoms with E-state index in [1.807, 2.05) is 71.3 Å². The highest BCUT2D eigenvalue weighted by Gasteiger charge is 2.19. The third-order valence-electron chi connectivity index (χ3n) is 4.66. The van der Waals surface area contributed by atoms with Gasteiger partial charge in [-0.15, -0.1) is 0 Å². The van der Waals surface area contributed by atoms with Crippen LogP contribution in [0.4, 0.5) is 0 Å². The number of nitrogens with zero attached hydrogens (tertiary/aromatic N) is 4. The smallest absolute Gasteiger partial charge is 0.199 e. The molecule has 0 saturated carbocycles. The molecular formula is C22H14BrClN4. The maximum absolute atomic E-state index is 6.33. The van der Waals surface area contributed by atoms with Gasteiger partial charge in [0.15, 0.2) is 11.3 Å². The average Bonchev–Trinajstić information content (AvgIpc) is 3.06. The summed E-state index contributed by atoms with van der Waals surface area (Å²) >= 11 is 9.88. The predicted molar refractivity (Wildman–Crippen MR) is 117 cm³/mol. The standard InChI is InChI=1S/C22H14BrClN4/c1-13-9-10-16(24)12-19(13)28-21(14-5-4-6-15(23)11-14)27-20-22(28)26-18-8-3-2-7-17(18)25-20/h2-12H,1H3. The van der Waals surface area contributed by atoms with Crippen molar-refractivity contribution in [1.29, 1.82) is 0 Å². The van der Waals surface area contributed by atoms with E-state index < -0.39 is 0 Å². The molecule has 5 aromatic rings. The summed E-state index contributed by atoms with van der Waals surface area (Å²) < 4.78 is 3.02. The molecule has 136 valence electrons. The Balaban J connectivity index is 1.92. The van der Waals surface area contributed by atoms with Crippen LogP contribution in [0.25, 0.3) is 39.4 Å². The van der Waals surface area contributed by atoms with Gasteiger partial charge in [0.2, 0.25) is 0 Å². The van der Waals surface area contributed by atoms with Gasteiger partial charge in [-0.2, -0.15) is 0 Å². The van der Waals surface area contributed by atoms with E-state index in [2.05, 4.69) is 22.9 Å². The van der Waals surface area contributed by atoms with Crippen LogP contribution in [0.5, 0.6) is 0 Å². The Morgan fingerprint density at radius 1 is 0.857 bits per heavy atom. The lowest BCUT2D eigenvalue weighted by Crippen LogP contribution is -2.01. The van der Waals surface area contributed by atoms with E-state index in [0.29, 0.717) is 16.3 Å². The second-order valence-corrected chi connectivity index (χ2v) is 7.92. The normalized spacial score (nSPS) is 11.4. The molecule has 0 amide bonds. The minimum atomic E-state index is 0.605. The molecule has 0 unspecified atom stereocenters. The number of para-hydroxylation sites is 2. The zero-order chi connectivity index (χ0) is 19.3. The largest absolute Gasteiger partial charge is 0.275 e. The fourth-order valence-electron chi connectivity index (χ4n) is 3.33. The van der Waals surface area contributed by atoms with Crippen LogP contribution in [0.3, 0.4) is 0 Å². The summed E-state index contributed by atoms with van der Waals surface area (Å²) in [5.74, 6) is 0.775. The van der Waals surface area contributed by atoms with Gasteiger partial charge in [0, 0.05) is 15.1 Å². The number of rotatable bonds is 2. The molecule has 0 aliphatic rings. The van der Waals surface area contributed by atoms with Crippen LogP contribution in [-0.4, -0.2) is 19.5 Å². The van der Waals surface area contributed by atoms with Gasteiger partial charge in [-0.1, -0.05) is 57.9 Å². The lowest BCUT2D eigenvalue weighted by atomic mass is 10.1. The number of aryl methyl sites for hydroxylation is 1. The Labute approximate surface area is 175 Å². The molecule has 0 aliphatic carbocycles. The van der Waals surface area contributed by atoms with Crippen LogP contribution >= 0.6 is 27.5 Å². The van der Waals surface area contributed by atoms with Gasteiger partial charge in [0.25, 0.3) is 0 Å². The first kappa shape index (κ1) is 17.3. The molecule has 0 radical (unpaired) electrons. The Bertz CT molecular complexity index is 1360. The number of halogens is 2. The molecule has 6 heteroatoms. The van der Waals surface area contributed by atoms with E-state index in [-0.39, 0.29) is 0 Å². The Kier molecular flexibility index (Phi) is 4.14. The fourth-order valence-corrected chi connectivity index (χ4v) is 3.90. The van der Waals surface area contributed by atoms with Crippen molar-refractivity contribution in [3.8, 4) is 17.1 Å². The van der Waals surface area contributed by atoms with E-state index in [0.717, 1.165) is 38.1 Å². The van der Waals surface area contributed by atoms with Crippen molar-refractivity contribution in [1.82, 2.24) is 19.5 Å². The molecule has 2 aromatic heterocycles. The van der Waals surface area contributed by atoms with Crippen LogP contribution in [0.2, 0.25) is 5.02 Å². The van der Waals surface area contributed by atoms with Gasteiger partial charge in [-0.3, -0.25) is 4.57 Å². The number of hydrogen-bond acceptors (Lipinski definition) is 3. The zero-order valence-electron chi connectivity index (χ0n) is 14.9. The highest BCUT2D eigenvalue weighted by atomic mass is 79.9. The number of hydrogen-bond donors (Lipinski definition) is 0. The first-order valence-corrected chi connectivity index (χ1v) is 9.95. The molecule has 3 aromatic carbocycles. The summed E-state index contributed by atoms with van der Waals surface area (Å²) in [6.45, 7) is 2.05. The second kappa shape index (κ2) is 6.69. The average molecular weight is 450 g/mol. The summed E-state index contributed by atoms with van der Waals surface area (Å²) in [5, 5.41) is 0.663. The van der Waals surface area contributed by atoms with Crippen molar-refractivity contribution in [2.24, 2.45) is 0 Å². The first-order chi connectivity index (χ1) is 13.6. The molecule has 0 spiro atoms. The van der Waals surface area contributed by atoms with Gasteiger partial charge in [0.1, 0.15) is 5.82 Å². The molecule has 2 heterocycles. The van der Waals surface area contributed by atoms with E-state index in [9.17, 15) is 0 Å². The Morgan fingerprint density at radius 2 is 1.64 bits per heavy atom. The van der Waals surface area contributed by atoms with E-state index in [4.69, 9.17) is 26.6 Å². The summed E-state index contributed by atoms with van der Waals surface area (Å²) in [7, 11) is 0. The lowest BCUT2D eigenvalue weighted by Gasteiger charge is -2.12. The SMILES string of the molecule is Cc1ccc(Cl)cc1-n1c(-c2cccc(Br)c2)nc2nc3ccccc3nc21. The number of benzene rings is 3. The quantitative estimate of drug-likeness (QED) is 0.315. The summed E-state index contributed by atoms with van der Waals surface area (Å²) in [5.41, 5.74) is 5.95. The molecule has 0 N–H and O–H groups in total. The zero-order valence-corrected chi connectivity index (χ0v) is 17.2. The minimum Gasteiger partial charge on any atom is -0.275 e. The molecule has 0 fully saturated rings. The molecule has 0 atom stereocenters. The second-order valence-electron chi connectivity index (χ2n) is 6.57. The van der Waals surface area contributed by atoms with Crippen molar-refractivity contribution in [3.05, 3.63) is 81.8 Å². The van der Waals surface area contributed by atoms with Crippen LogP contribution in [0, 0.1) is 6.92 Å². The van der Waals surface area contributed by atoms with Gasteiger partial charge in [0.05, 0.1) is 16.7 Å². The van der Waals surface area contributed by atoms with Gasteiger partial charge < -0.3 is 0 Å². The van der Waals surface area contributed by atoms with Gasteiger partial charge >= 0.3 is 0 Å². The van der Waals surface area contributed by atoms with Crippen molar-refractivity contribution in [2.45, 2.75) is 6.92 Å². The maximum atomic E-state index is 6.33. The lowest BCUT2D eigenvalue weighted by molar-refractivity contribution is 1.06. The number of fused-ring (bicyclic) bond motifs is 2. The van der Waals surface area contributed by atoms with E-state index in [1.54, 1.807) is 0 Å². The predicted octanol–water partition coefficient (Wildman–Crippen LogP) is 6.36. The summed E-state index contributed by atoms with van der Waals surface area (Å²) in [4.78, 5) is 14.5. The fraction of sp³-hybridized carbons (Fsp3) is 0.0455. The molecule has 0 saturated heterocycles. The number of imidazole rings is 1. The summed E-state index contributed by atoms with van der Waals surface area (Å²) in [6.07, 6.45) is 0. The Morgan fingerprint density at radius 3 is 2.43 bits per heavy atom. The van der Waals surface area contributed by atoms with Crippen molar-refractivity contribution >= 4 is 49.9 Å². The molecule has 4 nitrogen and oxygen atoms in total. The van der Waals surface area contributed by atoms with Gasteiger partial charge in [-0.25, -0.2) is 15.0 Å². The van der Waals surface area contributed by atoms with E-state index in [1.165, 1.54) is 0 Å². The first-order valence-electron chi connectivity index (χ1n) is 8.78. The monoisotopic (exact) mass is 448 g/mol. The van der Waals surface area contributed by atoms with Gasteiger partial charge in [-0.05, 0) is 48.9 Å².